The van der Waals surface area contributed by atoms with Crippen LogP contribution in [-0.2, 0) is 34.0 Å². The van der Waals surface area contributed by atoms with Gasteiger partial charge in [0.15, 0.2) is 0 Å². The number of esters is 1. The molecule has 0 aromatic rings. The summed E-state index contributed by atoms with van der Waals surface area (Å²) in [5.41, 5.74) is 0. The van der Waals surface area contributed by atoms with E-state index in [1.807, 2.05) is 35.0 Å². The lowest BCUT2D eigenvalue weighted by Gasteiger charge is -2.28. The van der Waals surface area contributed by atoms with Crippen molar-refractivity contribution < 1.29 is 39.6 Å². The predicted octanol–water partition coefficient (Wildman–Crippen LogP) is -0.212. The molecule has 1 unspecified atom stereocenters. The second kappa shape index (κ2) is 10.3. The number of hydrogen-bond donors (Lipinski definition) is 0. The highest BCUT2D eigenvalue weighted by Gasteiger charge is 2.26. The van der Waals surface area contributed by atoms with Crippen molar-refractivity contribution in [1.82, 2.24) is 0 Å². The predicted molar refractivity (Wildman–Crippen MR) is 88.7 cm³/mol. The molecule has 11 heteroatoms. The molecule has 0 amide bonds. The first-order valence-corrected chi connectivity index (χ1v) is 10.8. The first kappa shape index (κ1) is 25.5. The van der Waals surface area contributed by atoms with E-state index in [9.17, 15) is 13.2 Å². The normalized spacial score (nSPS) is 13.9. The van der Waals surface area contributed by atoms with Gasteiger partial charge >= 0.3 is 5.97 Å². The Balaban J connectivity index is 0. The Labute approximate surface area is 145 Å². The average Bonchev–Trinajstić information content (AvgIpc) is 2.18. The summed E-state index contributed by atoms with van der Waals surface area (Å²) >= 11 is 0. The lowest BCUT2D eigenvalue weighted by Crippen LogP contribution is -2.43. The van der Waals surface area contributed by atoms with Gasteiger partial charge in [0.05, 0.1) is 50.5 Å². The van der Waals surface area contributed by atoms with Crippen LogP contribution in [0.3, 0.4) is 0 Å². The number of ether oxygens (including phenoxy) is 1. The lowest BCUT2D eigenvalue weighted by atomic mass is 10.2. The van der Waals surface area contributed by atoms with E-state index in [1.165, 1.54) is 0 Å². The summed E-state index contributed by atoms with van der Waals surface area (Å²) < 4.78 is 60.1. The van der Waals surface area contributed by atoms with E-state index in [0.29, 0.717) is 23.9 Å². The molecule has 9 nitrogen and oxygen atoms in total. The van der Waals surface area contributed by atoms with Crippen LogP contribution in [0.1, 0.15) is 20.3 Å². The second-order valence-electron chi connectivity index (χ2n) is 6.88. The number of carbonyl (C=O) groups is 1. The van der Waals surface area contributed by atoms with Crippen LogP contribution in [0.25, 0.3) is 0 Å². The first-order valence-electron chi connectivity index (χ1n) is 7.14. The van der Waals surface area contributed by atoms with Crippen LogP contribution in [-0.4, -0.2) is 84.8 Å². The van der Waals surface area contributed by atoms with Gasteiger partial charge in [0.1, 0.15) is 12.6 Å². The highest BCUT2D eigenvalue weighted by Crippen LogP contribution is 2.09. The van der Waals surface area contributed by atoms with Crippen LogP contribution in [0.4, 0.5) is 0 Å². The third kappa shape index (κ3) is 26.2. The summed E-state index contributed by atoms with van der Waals surface area (Å²) in [5, 5.41) is 0. The molecule has 0 rings (SSSR count). The van der Waals surface area contributed by atoms with Crippen LogP contribution in [0, 0.1) is 5.92 Å². The molecule has 0 aromatic heterocycles. The zero-order valence-electron chi connectivity index (χ0n) is 15.3. The fraction of sp³-hybridized carbons (Fsp3) is 0.923. The van der Waals surface area contributed by atoms with Crippen molar-refractivity contribution in [3.8, 4) is 0 Å². The fourth-order valence-corrected chi connectivity index (χ4v) is 2.11. The van der Waals surface area contributed by atoms with Crippen LogP contribution < -0.4 is 0 Å². The molecule has 146 valence electrons. The SMILES string of the molecule is CC(C)COC(=O)CC(C[N+](C)(C)C)OS(C)(=O)=O.CS(=O)(=O)[O-]. The Morgan fingerprint density at radius 3 is 1.79 bits per heavy atom. The third-order valence-corrected chi connectivity index (χ3v) is 2.66. The molecular formula is C13H29NO8S2. The number of carbonyl (C=O) groups excluding carboxylic acids is 1. The van der Waals surface area contributed by atoms with E-state index in [-0.39, 0.29) is 12.3 Å². The quantitative estimate of drug-likeness (QED) is 0.241. The lowest BCUT2D eigenvalue weighted by molar-refractivity contribution is -0.873. The highest BCUT2D eigenvalue weighted by molar-refractivity contribution is 7.86. The topological polar surface area (TPSA) is 127 Å². The van der Waals surface area contributed by atoms with Gasteiger partial charge in [-0.3, -0.25) is 8.98 Å². The molecule has 0 bridgehead atoms. The molecule has 0 fully saturated rings. The van der Waals surface area contributed by atoms with Gasteiger partial charge in [-0.2, -0.15) is 8.42 Å². The van der Waals surface area contributed by atoms with Gasteiger partial charge in [0.25, 0.3) is 10.1 Å². The zero-order valence-corrected chi connectivity index (χ0v) is 16.9. The minimum Gasteiger partial charge on any atom is -0.748 e. The van der Waals surface area contributed by atoms with Gasteiger partial charge < -0.3 is 13.8 Å². The summed E-state index contributed by atoms with van der Waals surface area (Å²) in [4.78, 5) is 11.6. The Hall–Kier alpha value is -0.750. The molecule has 0 aliphatic carbocycles. The van der Waals surface area contributed by atoms with Crippen molar-refractivity contribution in [2.75, 3.05) is 46.8 Å². The first-order chi connectivity index (χ1) is 10.4. The molecule has 24 heavy (non-hydrogen) atoms. The van der Waals surface area contributed by atoms with Crippen LogP contribution in [0.15, 0.2) is 0 Å². The highest BCUT2D eigenvalue weighted by atomic mass is 32.2. The minimum atomic E-state index is -3.92. The third-order valence-electron chi connectivity index (χ3n) is 2.03. The fourth-order valence-electron chi connectivity index (χ4n) is 1.49. The van der Waals surface area contributed by atoms with Gasteiger partial charge in [-0.1, -0.05) is 13.8 Å². The maximum absolute atomic E-state index is 11.6. The van der Waals surface area contributed by atoms with E-state index in [4.69, 9.17) is 21.9 Å². The summed E-state index contributed by atoms with van der Waals surface area (Å²) in [6, 6.07) is 0. The molecular weight excluding hydrogens is 362 g/mol. The van der Waals surface area contributed by atoms with E-state index >= 15 is 0 Å². The van der Waals surface area contributed by atoms with E-state index in [1.54, 1.807) is 0 Å². The largest absolute Gasteiger partial charge is 0.748 e. The van der Waals surface area contributed by atoms with Crippen LogP contribution in [0.5, 0.6) is 0 Å². The summed E-state index contributed by atoms with van der Waals surface area (Å²) in [6.45, 7) is 4.60. The van der Waals surface area contributed by atoms with Gasteiger partial charge in [-0.05, 0) is 5.92 Å². The smallest absolute Gasteiger partial charge is 0.308 e. The monoisotopic (exact) mass is 391 g/mol. The molecule has 0 aliphatic heterocycles. The summed E-state index contributed by atoms with van der Waals surface area (Å²) in [7, 11) is -1.80. The molecule has 0 heterocycles. The Kier molecular flexibility index (Phi) is 10.9. The molecule has 0 N–H and O–H groups in total. The summed E-state index contributed by atoms with van der Waals surface area (Å²) in [6.07, 6.45) is 0.826. The number of likely N-dealkylation sites (N-methyl/N-ethyl adjacent to an activating group) is 1. The van der Waals surface area contributed by atoms with Crippen molar-refractivity contribution in [2.24, 2.45) is 5.92 Å². The molecule has 0 saturated carbocycles. The standard InChI is InChI=1S/C12H26NO5S.CH4O3S/c1-10(2)9-17-12(14)7-11(8-13(3,4)5)18-19(6,15)16;1-5(2,3)4/h10-11H,7-9H2,1-6H3;1H3,(H,2,3,4)/q+1;/p-1. The van der Waals surface area contributed by atoms with E-state index in [0.717, 1.165) is 6.26 Å². The van der Waals surface area contributed by atoms with Crippen molar-refractivity contribution in [3.05, 3.63) is 0 Å². The average molecular weight is 392 g/mol. The van der Waals surface area contributed by atoms with Gasteiger partial charge in [-0.15, -0.1) is 0 Å². The van der Waals surface area contributed by atoms with E-state index < -0.39 is 32.3 Å². The van der Waals surface area contributed by atoms with Crippen molar-refractivity contribution in [3.63, 3.8) is 0 Å². The Bertz CT molecular complexity index is 568. The number of quaternary nitrogens is 1. The minimum absolute atomic E-state index is 0.0602. The Morgan fingerprint density at radius 1 is 1.08 bits per heavy atom. The Morgan fingerprint density at radius 2 is 1.50 bits per heavy atom. The molecule has 0 spiro atoms. The van der Waals surface area contributed by atoms with Crippen LogP contribution >= 0.6 is 0 Å². The molecule has 0 saturated heterocycles. The van der Waals surface area contributed by atoms with Crippen LogP contribution in [0.2, 0.25) is 0 Å². The van der Waals surface area contributed by atoms with Gasteiger partial charge in [0, 0.05) is 6.26 Å². The number of nitrogens with zero attached hydrogens (tertiary/aromatic N) is 1. The summed E-state index contributed by atoms with van der Waals surface area (Å²) in [5.74, 6) is -0.188. The van der Waals surface area contributed by atoms with Crippen molar-refractivity contribution >= 4 is 26.2 Å². The number of hydrogen-bond acceptors (Lipinski definition) is 8. The molecule has 1 atom stereocenters. The second-order valence-corrected chi connectivity index (χ2v) is 9.89. The van der Waals surface area contributed by atoms with Gasteiger partial charge in [0.2, 0.25) is 0 Å². The van der Waals surface area contributed by atoms with Gasteiger partial charge in [-0.25, -0.2) is 8.42 Å². The van der Waals surface area contributed by atoms with Crippen molar-refractivity contribution in [1.29, 1.82) is 0 Å². The molecule has 0 radical (unpaired) electrons. The zero-order chi connectivity index (χ0) is 19.8. The van der Waals surface area contributed by atoms with E-state index in [2.05, 4.69) is 0 Å². The van der Waals surface area contributed by atoms with Crippen molar-refractivity contribution in [2.45, 2.75) is 26.4 Å². The maximum Gasteiger partial charge on any atom is 0.308 e. The maximum atomic E-state index is 11.6. The molecule has 0 aliphatic rings. The number of rotatable bonds is 8. The molecule has 0 aromatic carbocycles.